The number of nitrogens with one attached hydrogen (secondary N) is 1. The Labute approximate surface area is 167 Å². The summed E-state index contributed by atoms with van der Waals surface area (Å²) < 4.78 is 10.6. The van der Waals surface area contributed by atoms with E-state index in [9.17, 15) is 14.4 Å². The Hall–Kier alpha value is -2.86. The number of hydrogen-bond donors (Lipinski definition) is 1. The average molecular weight is 402 g/mol. The number of carbonyl (C=O) groups excluding carboxylic acids is 3. The molecule has 7 heteroatoms. The summed E-state index contributed by atoms with van der Waals surface area (Å²) in [6.07, 6.45) is 1.66. The zero-order valence-electron chi connectivity index (χ0n) is 15.5. The molecule has 0 aliphatic heterocycles. The molecule has 0 atom stereocenters. The van der Waals surface area contributed by atoms with Gasteiger partial charge < -0.3 is 14.8 Å². The predicted octanol–water partition coefficient (Wildman–Crippen LogP) is 4.47. The van der Waals surface area contributed by atoms with Gasteiger partial charge in [-0.25, -0.2) is 4.79 Å². The van der Waals surface area contributed by atoms with Gasteiger partial charge in [0.1, 0.15) is 11.5 Å². The third-order valence-electron chi connectivity index (χ3n) is 4.10. The lowest BCUT2D eigenvalue weighted by Gasteiger charge is -2.10. The maximum absolute atomic E-state index is 12.4. The Balaban J connectivity index is 1.66. The third-order valence-corrected chi connectivity index (χ3v) is 4.32. The van der Waals surface area contributed by atoms with Gasteiger partial charge in [-0.2, -0.15) is 0 Å². The first-order chi connectivity index (χ1) is 13.3. The first-order valence-corrected chi connectivity index (χ1v) is 9.35. The second-order valence-electron chi connectivity index (χ2n) is 6.93. The fourth-order valence-corrected chi connectivity index (χ4v) is 2.53. The van der Waals surface area contributed by atoms with Crippen molar-refractivity contribution in [2.45, 2.75) is 26.7 Å². The Kier molecular flexibility index (Phi) is 5.99. The van der Waals surface area contributed by atoms with Crippen molar-refractivity contribution in [2.75, 3.05) is 5.32 Å². The molecule has 3 rings (SSSR count). The van der Waals surface area contributed by atoms with E-state index in [0.29, 0.717) is 11.3 Å². The van der Waals surface area contributed by atoms with Crippen LogP contribution in [0, 0.1) is 11.8 Å². The monoisotopic (exact) mass is 401 g/mol. The molecule has 0 saturated heterocycles. The van der Waals surface area contributed by atoms with Crippen molar-refractivity contribution in [3.05, 3.63) is 53.1 Å². The van der Waals surface area contributed by atoms with E-state index in [2.05, 4.69) is 5.32 Å². The smallest absolute Gasteiger partial charge is 0.343 e. The standard InChI is InChI=1S/C21H20ClNO5/c1-12(2)19(24)23-16-7-5-14(6-8-16)21(26)28-18-10-15(22)9-17(11-18)27-20(25)13-3-4-13/h5-13H,3-4H2,1-2H3,(H,23,24). The van der Waals surface area contributed by atoms with Crippen LogP contribution in [-0.2, 0) is 9.59 Å². The van der Waals surface area contributed by atoms with Crippen molar-refractivity contribution in [3.8, 4) is 11.5 Å². The molecular weight excluding hydrogens is 382 g/mol. The molecule has 0 radical (unpaired) electrons. The van der Waals surface area contributed by atoms with Crippen molar-refractivity contribution < 1.29 is 23.9 Å². The molecule has 146 valence electrons. The molecule has 0 heterocycles. The van der Waals surface area contributed by atoms with Crippen LogP contribution in [0.1, 0.15) is 37.0 Å². The van der Waals surface area contributed by atoms with Crippen molar-refractivity contribution in [1.29, 1.82) is 0 Å². The minimum atomic E-state index is -0.594. The number of carbonyl (C=O) groups is 3. The molecule has 1 amide bonds. The summed E-state index contributed by atoms with van der Waals surface area (Å²) in [5.41, 5.74) is 0.895. The van der Waals surface area contributed by atoms with E-state index < -0.39 is 5.97 Å². The number of anilines is 1. The number of hydrogen-bond acceptors (Lipinski definition) is 5. The zero-order valence-corrected chi connectivity index (χ0v) is 16.3. The molecule has 1 N–H and O–H groups in total. The van der Waals surface area contributed by atoms with Gasteiger partial charge in [0.15, 0.2) is 0 Å². The van der Waals surface area contributed by atoms with Gasteiger partial charge in [-0.15, -0.1) is 0 Å². The highest BCUT2D eigenvalue weighted by molar-refractivity contribution is 6.30. The number of ether oxygens (including phenoxy) is 2. The summed E-state index contributed by atoms with van der Waals surface area (Å²) >= 11 is 6.03. The van der Waals surface area contributed by atoms with Gasteiger partial charge in [0.2, 0.25) is 5.91 Å². The summed E-state index contributed by atoms with van der Waals surface area (Å²) in [6.45, 7) is 3.59. The van der Waals surface area contributed by atoms with Gasteiger partial charge in [0.05, 0.1) is 11.5 Å². The quantitative estimate of drug-likeness (QED) is 0.570. The van der Waals surface area contributed by atoms with E-state index >= 15 is 0 Å². The Morgan fingerprint density at radius 2 is 1.61 bits per heavy atom. The lowest BCUT2D eigenvalue weighted by Crippen LogP contribution is -2.17. The second kappa shape index (κ2) is 8.44. The maximum atomic E-state index is 12.4. The minimum absolute atomic E-state index is 0.0558. The van der Waals surface area contributed by atoms with Crippen LogP contribution in [-0.4, -0.2) is 17.8 Å². The van der Waals surface area contributed by atoms with Gasteiger partial charge in [0, 0.05) is 22.7 Å². The number of rotatable bonds is 6. The Bertz CT molecular complexity index is 904. The van der Waals surface area contributed by atoms with Gasteiger partial charge >= 0.3 is 11.9 Å². The summed E-state index contributed by atoms with van der Waals surface area (Å²) in [5.74, 6) is -0.799. The molecule has 6 nitrogen and oxygen atoms in total. The fraction of sp³-hybridized carbons (Fsp3) is 0.286. The summed E-state index contributed by atoms with van der Waals surface area (Å²) in [4.78, 5) is 35.9. The van der Waals surface area contributed by atoms with E-state index in [-0.39, 0.29) is 40.2 Å². The maximum Gasteiger partial charge on any atom is 0.343 e. The number of amides is 1. The summed E-state index contributed by atoms with van der Waals surface area (Å²) in [5, 5.41) is 3.04. The molecule has 1 aliphatic rings. The molecule has 2 aromatic rings. The van der Waals surface area contributed by atoms with Crippen LogP contribution in [0.15, 0.2) is 42.5 Å². The molecular formula is C21H20ClNO5. The van der Waals surface area contributed by atoms with E-state index in [1.54, 1.807) is 38.1 Å². The van der Waals surface area contributed by atoms with Crippen molar-refractivity contribution in [1.82, 2.24) is 0 Å². The van der Waals surface area contributed by atoms with Crippen LogP contribution < -0.4 is 14.8 Å². The normalized spacial score (nSPS) is 13.1. The van der Waals surface area contributed by atoms with E-state index in [4.69, 9.17) is 21.1 Å². The molecule has 0 spiro atoms. The second-order valence-corrected chi connectivity index (χ2v) is 7.37. The van der Waals surface area contributed by atoms with Crippen LogP contribution >= 0.6 is 11.6 Å². The summed E-state index contributed by atoms with van der Waals surface area (Å²) in [6, 6.07) is 10.8. The van der Waals surface area contributed by atoms with Crippen LogP contribution in [0.4, 0.5) is 5.69 Å². The Morgan fingerprint density at radius 3 is 2.18 bits per heavy atom. The molecule has 1 fully saturated rings. The third kappa shape index (κ3) is 5.33. The molecule has 28 heavy (non-hydrogen) atoms. The van der Waals surface area contributed by atoms with E-state index in [1.165, 1.54) is 18.2 Å². The van der Waals surface area contributed by atoms with E-state index in [0.717, 1.165) is 12.8 Å². The SMILES string of the molecule is CC(C)C(=O)Nc1ccc(C(=O)Oc2cc(Cl)cc(OC(=O)C3CC3)c2)cc1. The molecule has 0 aromatic heterocycles. The van der Waals surface area contributed by atoms with E-state index in [1.807, 2.05) is 0 Å². The molecule has 2 aromatic carbocycles. The molecule has 1 saturated carbocycles. The fourth-order valence-electron chi connectivity index (χ4n) is 2.32. The number of halogens is 1. The average Bonchev–Trinajstić information content (AvgIpc) is 3.46. The zero-order chi connectivity index (χ0) is 20.3. The highest BCUT2D eigenvalue weighted by Gasteiger charge is 2.31. The highest BCUT2D eigenvalue weighted by atomic mass is 35.5. The van der Waals surface area contributed by atoms with Crippen molar-refractivity contribution >= 4 is 35.1 Å². The van der Waals surface area contributed by atoms with Crippen LogP contribution in [0.2, 0.25) is 5.02 Å². The lowest BCUT2D eigenvalue weighted by atomic mass is 10.1. The first kappa shape index (κ1) is 19.9. The van der Waals surface area contributed by atoms with Gasteiger partial charge in [-0.3, -0.25) is 9.59 Å². The first-order valence-electron chi connectivity index (χ1n) is 8.97. The lowest BCUT2D eigenvalue weighted by molar-refractivity contribution is -0.135. The van der Waals surface area contributed by atoms with Crippen LogP contribution in [0.5, 0.6) is 11.5 Å². The van der Waals surface area contributed by atoms with Crippen LogP contribution in [0.3, 0.4) is 0 Å². The van der Waals surface area contributed by atoms with Crippen LogP contribution in [0.25, 0.3) is 0 Å². The van der Waals surface area contributed by atoms with Gasteiger partial charge in [0.25, 0.3) is 0 Å². The van der Waals surface area contributed by atoms with Gasteiger partial charge in [-0.05, 0) is 49.2 Å². The molecule has 0 bridgehead atoms. The highest BCUT2D eigenvalue weighted by Crippen LogP contribution is 2.33. The topological polar surface area (TPSA) is 81.7 Å². The molecule has 1 aliphatic carbocycles. The largest absolute Gasteiger partial charge is 0.426 e. The molecule has 0 unspecified atom stereocenters. The predicted molar refractivity (Wildman–Crippen MR) is 105 cm³/mol. The number of benzene rings is 2. The Morgan fingerprint density at radius 1 is 1.00 bits per heavy atom. The van der Waals surface area contributed by atoms with Crippen molar-refractivity contribution in [3.63, 3.8) is 0 Å². The van der Waals surface area contributed by atoms with Gasteiger partial charge in [-0.1, -0.05) is 25.4 Å². The summed E-state index contributed by atoms with van der Waals surface area (Å²) in [7, 11) is 0. The minimum Gasteiger partial charge on any atom is -0.426 e. The number of esters is 2. The van der Waals surface area contributed by atoms with Crippen molar-refractivity contribution in [2.24, 2.45) is 11.8 Å².